The molecule has 1 heterocycles. The van der Waals surface area contributed by atoms with E-state index in [9.17, 15) is 15.0 Å². The minimum atomic E-state index is -0.140. The van der Waals surface area contributed by atoms with Crippen LogP contribution in [0.15, 0.2) is 18.2 Å². The van der Waals surface area contributed by atoms with Crippen LogP contribution in [0.2, 0.25) is 0 Å². The van der Waals surface area contributed by atoms with E-state index < -0.39 is 0 Å². The normalized spacial score (nSPS) is 20.1. The highest BCUT2D eigenvalue weighted by Crippen LogP contribution is 2.25. The fraction of sp³-hybridized carbons (Fsp3) is 0.588. The summed E-state index contributed by atoms with van der Waals surface area (Å²) in [5, 5.41) is 19.0. The number of aromatic hydroxyl groups is 2. The fourth-order valence-electron chi connectivity index (χ4n) is 3.12. The molecular formula is C17H25NO3. The van der Waals surface area contributed by atoms with Crippen LogP contribution in [0.25, 0.3) is 0 Å². The van der Waals surface area contributed by atoms with Crippen molar-refractivity contribution in [1.29, 1.82) is 0 Å². The number of carbonyl (C=O) groups excluding carboxylic acids is 1. The lowest BCUT2D eigenvalue weighted by molar-refractivity contribution is 0.0929. The molecule has 0 radical (unpaired) electrons. The number of phenolic OH excluding ortho intramolecular Hbond substituents is 2. The SMILES string of the molecule is CCCC1CCCN(CC(=O)c2ccc(O)cc2O)CC1. The number of hydrogen-bond acceptors (Lipinski definition) is 4. The number of Topliss-reactive ketones (excluding diaryl/α,β-unsaturated/α-hetero) is 1. The van der Waals surface area contributed by atoms with Crippen molar-refractivity contribution in [2.45, 2.75) is 39.0 Å². The molecule has 1 aromatic rings. The quantitative estimate of drug-likeness (QED) is 0.818. The molecule has 0 amide bonds. The largest absolute Gasteiger partial charge is 0.508 e. The van der Waals surface area contributed by atoms with Gasteiger partial charge >= 0.3 is 0 Å². The van der Waals surface area contributed by atoms with Crippen molar-refractivity contribution >= 4 is 5.78 Å². The Labute approximate surface area is 126 Å². The maximum atomic E-state index is 12.3. The lowest BCUT2D eigenvalue weighted by atomic mass is 9.96. The van der Waals surface area contributed by atoms with Crippen LogP contribution in [0.4, 0.5) is 0 Å². The molecule has 0 aromatic heterocycles. The summed E-state index contributed by atoms with van der Waals surface area (Å²) in [5.41, 5.74) is 0.294. The molecule has 1 aliphatic heterocycles. The second-order valence-corrected chi connectivity index (χ2v) is 5.99. The average molecular weight is 291 g/mol. The van der Waals surface area contributed by atoms with Gasteiger partial charge < -0.3 is 10.2 Å². The van der Waals surface area contributed by atoms with Crippen LogP contribution in [-0.4, -0.2) is 40.5 Å². The molecule has 2 rings (SSSR count). The average Bonchev–Trinajstić information content (AvgIpc) is 2.65. The Hall–Kier alpha value is -1.55. The summed E-state index contributed by atoms with van der Waals surface area (Å²) in [5.74, 6) is 0.540. The number of rotatable bonds is 5. The second kappa shape index (κ2) is 7.46. The third-order valence-corrected chi connectivity index (χ3v) is 4.29. The lowest BCUT2D eigenvalue weighted by Crippen LogP contribution is -2.31. The van der Waals surface area contributed by atoms with Gasteiger partial charge in [-0.05, 0) is 50.4 Å². The van der Waals surface area contributed by atoms with Gasteiger partial charge in [0.2, 0.25) is 0 Å². The van der Waals surface area contributed by atoms with Gasteiger partial charge in [-0.15, -0.1) is 0 Å². The number of nitrogens with zero attached hydrogens (tertiary/aromatic N) is 1. The zero-order chi connectivity index (χ0) is 15.2. The molecule has 1 aliphatic rings. The number of hydrogen-bond donors (Lipinski definition) is 2. The van der Waals surface area contributed by atoms with Crippen LogP contribution < -0.4 is 0 Å². The number of likely N-dealkylation sites (tertiary alicyclic amines) is 1. The molecule has 1 saturated heterocycles. The van der Waals surface area contributed by atoms with Crippen LogP contribution in [0.1, 0.15) is 49.4 Å². The Morgan fingerprint density at radius 3 is 2.81 bits per heavy atom. The van der Waals surface area contributed by atoms with Crippen LogP contribution in [0, 0.1) is 5.92 Å². The highest BCUT2D eigenvalue weighted by atomic mass is 16.3. The van der Waals surface area contributed by atoms with Crippen LogP contribution in [-0.2, 0) is 0 Å². The Morgan fingerprint density at radius 1 is 1.29 bits per heavy atom. The van der Waals surface area contributed by atoms with E-state index in [1.54, 1.807) is 0 Å². The Bertz CT molecular complexity index is 487. The summed E-state index contributed by atoms with van der Waals surface area (Å²) in [4.78, 5) is 14.5. The standard InChI is InChI=1S/C17H25NO3/c1-2-4-13-5-3-9-18(10-8-13)12-17(21)15-7-6-14(19)11-16(15)20/h6-7,11,13,19-20H,2-5,8-10,12H2,1H3. The molecule has 21 heavy (non-hydrogen) atoms. The van der Waals surface area contributed by atoms with Crippen molar-refractivity contribution in [2.24, 2.45) is 5.92 Å². The van der Waals surface area contributed by atoms with E-state index in [0.717, 1.165) is 31.8 Å². The number of benzene rings is 1. The first-order valence-electron chi connectivity index (χ1n) is 7.87. The third-order valence-electron chi connectivity index (χ3n) is 4.29. The molecular weight excluding hydrogens is 266 g/mol. The van der Waals surface area contributed by atoms with E-state index >= 15 is 0 Å². The summed E-state index contributed by atoms with van der Waals surface area (Å²) < 4.78 is 0. The van der Waals surface area contributed by atoms with Gasteiger partial charge in [0.05, 0.1) is 12.1 Å². The lowest BCUT2D eigenvalue weighted by Gasteiger charge is -2.19. The number of phenols is 2. The van der Waals surface area contributed by atoms with Crippen LogP contribution >= 0.6 is 0 Å². The van der Waals surface area contributed by atoms with Gasteiger partial charge in [0.1, 0.15) is 11.5 Å². The Morgan fingerprint density at radius 2 is 2.10 bits per heavy atom. The molecule has 4 heteroatoms. The summed E-state index contributed by atoms with van der Waals surface area (Å²) in [6.45, 7) is 4.47. The van der Waals surface area contributed by atoms with Crippen molar-refractivity contribution in [3.63, 3.8) is 0 Å². The summed E-state index contributed by atoms with van der Waals surface area (Å²) in [7, 11) is 0. The van der Waals surface area contributed by atoms with Crippen molar-refractivity contribution in [3.05, 3.63) is 23.8 Å². The molecule has 0 bridgehead atoms. The first-order chi connectivity index (χ1) is 10.1. The van der Waals surface area contributed by atoms with Crippen LogP contribution in [0.3, 0.4) is 0 Å². The van der Waals surface area contributed by atoms with E-state index in [1.807, 2.05) is 0 Å². The first kappa shape index (κ1) is 15.8. The minimum absolute atomic E-state index is 0.0266. The van der Waals surface area contributed by atoms with Gasteiger partial charge in [-0.3, -0.25) is 9.69 Å². The molecule has 0 spiro atoms. The predicted octanol–water partition coefficient (Wildman–Crippen LogP) is 3.18. The molecule has 1 unspecified atom stereocenters. The van der Waals surface area contributed by atoms with Gasteiger partial charge in [0.25, 0.3) is 0 Å². The van der Waals surface area contributed by atoms with Gasteiger partial charge in [-0.1, -0.05) is 19.8 Å². The fourth-order valence-corrected chi connectivity index (χ4v) is 3.12. The third kappa shape index (κ3) is 4.46. The Balaban J connectivity index is 1.93. The van der Waals surface area contributed by atoms with Crippen LogP contribution in [0.5, 0.6) is 11.5 Å². The van der Waals surface area contributed by atoms with E-state index in [-0.39, 0.29) is 17.3 Å². The second-order valence-electron chi connectivity index (χ2n) is 5.99. The molecule has 1 atom stereocenters. The van der Waals surface area contributed by atoms with Crippen molar-refractivity contribution in [3.8, 4) is 11.5 Å². The topological polar surface area (TPSA) is 60.8 Å². The predicted molar refractivity (Wildman–Crippen MR) is 82.8 cm³/mol. The molecule has 1 fully saturated rings. The van der Waals surface area contributed by atoms with E-state index in [0.29, 0.717) is 12.1 Å². The van der Waals surface area contributed by atoms with Crippen molar-refractivity contribution in [2.75, 3.05) is 19.6 Å². The minimum Gasteiger partial charge on any atom is -0.508 e. The van der Waals surface area contributed by atoms with E-state index in [4.69, 9.17) is 0 Å². The van der Waals surface area contributed by atoms with Gasteiger partial charge in [0.15, 0.2) is 5.78 Å². The highest BCUT2D eigenvalue weighted by molar-refractivity contribution is 6.00. The van der Waals surface area contributed by atoms with Gasteiger partial charge in [-0.2, -0.15) is 0 Å². The summed E-state index contributed by atoms with van der Waals surface area (Å²) >= 11 is 0. The molecule has 4 nitrogen and oxygen atoms in total. The van der Waals surface area contributed by atoms with E-state index in [1.165, 1.54) is 37.5 Å². The van der Waals surface area contributed by atoms with Gasteiger partial charge in [0, 0.05) is 6.07 Å². The summed E-state index contributed by atoms with van der Waals surface area (Å²) in [6.07, 6.45) is 6.05. The first-order valence-corrected chi connectivity index (χ1v) is 7.87. The zero-order valence-electron chi connectivity index (χ0n) is 12.7. The zero-order valence-corrected chi connectivity index (χ0v) is 12.7. The maximum Gasteiger partial charge on any atom is 0.180 e. The van der Waals surface area contributed by atoms with Crippen molar-refractivity contribution in [1.82, 2.24) is 4.90 Å². The number of carbonyl (C=O) groups is 1. The van der Waals surface area contributed by atoms with Gasteiger partial charge in [-0.25, -0.2) is 0 Å². The maximum absolute atomic E-state index is 12.3. The molecule has 116 valence electrons. The molecule has 2 N–H and O–H groups in total. The monoisotopic (exact) mass is 291 g/mol. The Kier molecular flexibility index (Phi) is 5.62. The van der Waals surface area contributed by atoms with Crippen molar-refractivity contribution < 1.29 is 15.0 Å². The molecule has 0 saturated carbocycles. The van der Waals surface area contributed by atoms with E-state index in [2.05, 4.69) is 11.8 Å². The summed E-state index contributed by atoms with van der Waals surface area (Å²) in [6, 6.07) is 4.14. The molecule has 0 aliphatic carbocycles. The highest BCUT2D eigenvalue weighted by Gasteiger charge is 2.20. The molecule has 1 aromatic carbocycles. The smallest absolute Gasteiger partial charge is 0.180 e. The number of ketones is 1.